The highest BCUT2D eigenvalue weighted by Gasteiger charge is 2.16. The topological polar surface area (TPSA) is 48.9 Å². The van der Waals surface area contributed by atoms with E-state index in [1.165, 1.54) is 0 Å². The first-order valence-electron chi connectivity index (χ1n) is 5.02. The second kappa shape index (κ2) is 3.77. The number of nitrogens with zero attached hydrogens (tertiary/aromatic N) is 1. The summed E-state index contributed by atoms with van der Waals surface area (Å²) in [4.78, 5) is 0. The van der Waals surface area contributed by atoms with Crippen molar-refractivity contribution < 1.29 is 5.11 Å². The van der Waals surface area contributed by atoms with Crippen LogP contribution in [-0.4, -0.2) is 15.3 Å². The van der Waals surface area contributed by atoms with Crippen LogP contribution >= 0.6 is 0 Å². The molecule has 15 heavy (non-hydrogen) atoms. The second-order valence-electron chi connectivity index (χ2n) is 3.86. The summed E-state index contributed by atoms with van der Waals surface area (Å²) in [5.74, 6) is 0.419. The molecule has 3 heteroatoms. The maximum atomic E-state index is 9.65. The van der Waals surface area contributed by atoms with Crippen molar-refractivity contribution in [3.05, 3.63) is 35.9 Å². The summed E-state index contributed by atoms with van der Waals surface area (Å²) >= 11 is 0. The molecule has 0 amide bonds. The number of H-pyrrole nitrogens is 1. The van der Waals surface area contributed by atoms with Gasteiger partial charge in [-0.05, 0) is 5.92 Å². The Hall–Kier alpha value is -1.77. The van der Waals surface area contributed by atoms with Crippen LogP contribution in [0.5, 0.6) is 5.88 Å². The number of hydrogen-bond donors (Lipinski definition) is 2. The molecule has 78 valence electrons. The van der Waals surface area contributed by atoms with Gasteiger partial charge in [0.05, 0.1) is 5.69 Å². The lowest BCUT2D eigenvalue weighted by atomic mass is 9.99. The van der Waals surface area contributed by atoms with Gasteiger partial charge in [0.25, 0.3) is 0 Å². The Morgan fingerprint density at radius 2 is 1.87 bits per heavy atom. The zero-order valence-electron chi connectivity index (χ0n) is 8.86. The fourth-order valence-electron chi connectivity index (χ4n) is 1.70. The molecule has 0 atom stereocenters. The van der Waals surface area contributed by atoms with Crippen molar-refractivity contribution in [2.24, 2.45) is 0 Å². The van der Waals surface area contributed by atoms with E-state index in [1.54, 1.807) is 0 Å². The van der Waals surface area contributed by atoms with E-state index < -0.39 is 0 Å². The van der Waals surface area contributed by atoms with Crippen LogP contribution in [-0.2, 0) is 0 Å². The molecule has 2 aromatic rings. The van der Waals surface area contributed by atoms with Gasteiger partial charge < -0.3 is 5.11 Å². The fraction of sp³-hybridized carbons (Fsp3) is 0.250. The number of rotatable bonds is 2. The molecule has 0 bridgehead atoms. The Labute approximate surface area is 88.8 Å². The van der Waals surface area contributed by atoms with Crippen molar-refractivity contribution in [2.45, 2.75) is 19.8 Å². The molecule has 2 rings (SSSR count). The smallest absolute Gasteiger partial charge is 0.210 e. The van der Waals surface area contributed by atoms with Gasteiger partial charge in [0, 0.05) is 11.1 Å². The highest BCUT2D eigenvalue weighted by molar-refractivity contribution is 5.65. The minimum Gasteiger partial charge on any atom is -0.493 e. The lowest BCUT2D eigenvalue weighted by Crippen LogP contribution is -1.89. The third-order valence-corrected chi connectivity index (χ3v) is 2.41. The number of aromatic nitrogens is 2. The molecular weight excluding hydrogens is 188 g/mol. The molecule has 0 radical (unpaired) electrons. The van der Waals surface area contributed by atoms with Crippen LogP contribution in [0.3, 0.4) is 0 Å². The molecule has 0 aliphatic rings. The Morgan fingerprint density at radius 3 is 2.47 bits per heavy atom. The van der Waals surface area contributed by atoms with E-state index in [9.17, 15) is 5.11 Å². The maximum absolute atomic E-state index is 9.65. The summed E-state index contributed by atoms with van der Waals surface area (Å²) in [6, 6.07) is 9.87. The van der Waals surface area contributed by atoms with Crippen LogP contribution in [0.15, 0.2) is 30.3 Å². The van der Waals surface area contributed by atoms with E-state index in [-0.39, 0.29) is 11.8 Å². The molecule has 2 N–H and O–H groups in total. The number of aromatic amines is 1. The molecule has 1 heterocycles. The largest absolute Gasteiger partial charge is 0.493 e. The van der Waals surface area contributed by atoms with Crippen molar-refractivity contribution in [3.8, 4) is 17.1 Å². The van der Waals surface area contributed by atoms with Gasteiger partial charge in [-0.2, -0.15) is 5.10 Å². The van der Waals surface area contributed by atoms with E-state index in [4.69, 9.17) is 0 Å². The molecular formula is C12H14N2O. The molecule has 1 aromatic heterocycles. The summed E-state index contributed by atoms with van der Waals surface area (Å²) in [5, 5.41) is 16.4. The normalized spacial score (nSPS) is 10.9. The molecule has 0 fully saturated rings. The maximum Gasteiger partial charge on any atom is 0.210 e. The van der Waals surface area contributed by atoms with E-state index in [2.05, 4.69) is 10.2 Å². The van der Waals surface area contributed by atoms with Crippen molar-refractivity contribution in [1.82, 2.24) is 10.2 Å². The first kappa shape index (κ1) is 9.77. The third kappa shape index (κ3) is 1.73. The predicted molar refractivity (Wildman–Crippen MR) is 59.8 cm³/mol. The summed E-state index contributed by atoms with van der Waals surface area (Å²) in [5.41, 5.74) is 2.74. The van der Waals surface area contributed by atoms with Gasteiger partial charge in [0.1, 0.15) is 0 Å². The monoisotopic (exact) mass is 202 g/mol. The first-order valence-corrected chi connectivity index (χ1v) is 5.02. The van der Waals surface area contributed by atoms with Gasteiger partial charge in [-0.1, -0.05) is 44.2 Å². The average molecular weight is 202 g/mol. The van der Waals surface area contributed by atoms with Crippen molar-refractivity contribution in [2.75, 3.05) is 0 Å². The average Bonchev–Trinajstić information content (AvgIpc) is 2.61. The van der Waals surface area contributed by atoms with Crippen molar-refractivity contribution in [1.29, 1.82) is 0 Å². The van der Waals surface area contributed by atoms with Crippen LogP contribution in [0, 0.1) is 0 Å². The molecule has 0 spiro atoms. The Morgan fingerprint density at radius 1 is 1.20 bits per heavy atom. The first-order chi connectivity index (χ1) is 7.20. The van der Waals surface area contributed by atoms with Gasteiger partial charge in [-0.25, -0.2) is 5.10 Å². The Kier molecular flexibility index (Phi) is 2.46. The Bertz CT molecular complexity index is 446. The molecule has 0 aliphatic carbocycles. The van der Waals surface area contributed by atoms with Gasteiger partial charge in [-0.15, -0.1) is 0 Å². The van der Waals surface area contributed by atoms with Crippen LogP contribution in [0.1, 0.15) is 25.3 Å². The van der Waals surface area contributed by atoms with Crippen molar-refractivity contribution in [3.63, 3.8) is 0 Å². The van der Waals surface area contributed by atoms with E-state index in [0.717, 1.165) is 16.8 Å². The Balaban J connectivity index is 2.54. The van der Waals surface area contributed by atoms with E-state index in [0.29, 0.717) is 0 Å². The molecule has 3 nitrogen and oxygen atoms in total. The number of nitrogens with one attached hydrogen (secondary N) is 1. The predicted octanol–water partition coefficient (Wildman–Crippen LogP) is 2.91. The van der Waals surface area contributed by atoms with Gasteiger partial charge in [0.2, 0.25) is 5.88 Å². The minimum absolute atomic E-state index is 0.170. The third-order valence-electron chi connectivity index (χ3n) is 2.41. The molecule has 0 saturated heterocycles. The number of benzene rings is 1. The molecule has 1 aromatic carbocycles. The number of hydrogen-bond acceptors (Lipinski definition) is 2. The highest BCUT2D eigenvalue weighted by atomic mass is 16.3. The number of aromatic hydroxyl groups is 1. The second-order valence-corrected chi connectivity index (χ2v) is 3.86. The zero-order valence-corrected chi connectivity index (χ0v) is 8.86. The van der Waals surface area contributed by atoms with E-state index in [1.807, 2.05) is 44.2 Å². The highest BCUT2D eigenvalue weighted by Crippen LogP contribution is 2.32. The summed E-state index contributed by atoms with van der Waals surface area (Å²) in [6.45, 7) is 4.08. The van der Waals surface area contributed by atoms with Gasteiger partial charge >= 0.3 is 0 Å². The summed E-state index contributed by atoms with van der Waals surface area (Å²) < 4.78 is 0. The zero-order chi connectivity index (χ0) is 10.8. The standard InChI is InChI=1S/C12H14N2O/c1-8(2)10-11(13-14-12(10)15)9-6-4-3-5-7-9/h3-8H,1-2H3,(H2,13,14,15). The van der Waals surface area contributed by atoms with Crippen molar-refractivity contribution >= 4 is 0 Å². The van der Waals surface area contributed by atoms with Crippen LogP contribution < -0.4 is 0 Å². The molecule has 0 saturated carbocycles. The summed E-state index contributed by atoms with van der Waals surface area (Å²) in [6.07, 6.45) is 0. The molecule has 0 unspecified atom stereocenters. The molecule has 0 aliphatic heterocycles. The lowest BCUT2D eigenvalue weighted by molar-refractivity contribution is 0.443. The van der Waals surface area contributed by atoms with E-state index >= 15 is 0 Å². The van der Waals surface area contributed by atoms with Crippen LogP contribution in [0.2, 0.25) is 0 Å². The van der Waals surface area contributed by atoms with Gasteiger partial charge in [-0.3, -0.25) is 0 Å². The lowest BCUT2D eigenvalue weighted by Gasteiger charge is -2.05. The van der Waals surface area contributed by atoms with Gasteiger partial charge in [0.15, 0.2) is 0 Å². The van der Waals surface area contributed by atoms with Crippen LogP contribution in [0.25, 0.3) is 11.3 Å². The summed E-state index contributed by atoms with van der Waals surface area (Å²) in [7, 11) is 0. The minimum atomic E-state index is 0.170. The fourth-order valence-corrected chi connectivity index (χ4v) is 1.70. The van der Waals surface area contributed by atoms with Crippen LogP contribution in [0.4, 0.5) is 0 Å². The quantitative estimate of drug-likeness (QED) is 0.786. The SMILES string of the molecule is CC(C)c1c(-c2ccccc2)n[nH]c1O.